The van der Waals surface area contributed by atoms with Crippen molar-refractivity contribution in [3.05, 3.63) is 60.2 Å². The molecule has 2 rings (SSSR count). The van der Waals surface area contributed by atoms with E-state index in [-0.39, 0.29) is 22.3 Å². The van der Waals surface area contributed by atoms with Crippen LogP contribution in [0.5, 0.6) is 0 Å². The summed E-state index contributed by atoms with van der Waals surface area (Å²) in [6, 6.07) is 17.6. The van der Waals surface area contributed by atoms with E-state index in [2.05, 4.69) is 0 Å². The summed E-state index contributed by atoms with van der Waals surface area (Å²) in [5.41, 5.74) is 0.419. The molecule has 0 aliphatic carbocycles. The van der Waals surface area contributed by atoms with Crippen molar-refractivity contribution < 1.29 is 21.9 Å². The average molecular weight is 291 g/mol. The first-order valence-corrected chi connectivity index (χ1v) is 5.52. The third-order valence-electron chi connectivity index (χ3n) is 2.43. The summed E-state index contributed by atoms with van der Waals surface area (Å²) in [5.74, 6) is 0. The summed E-state index contributed by atoms with van der Waals surface area (Å²) >= 11 is 5.42. The Morgan fingerprint density at radius 1 is 1.18 bits per heavy atom. The minimum Gasteiger partial charge on any atom is -0.282 e. The van der Waals surface area contributed by atoms with Gasteiger partial charge in [0, 0.05) is 5.41 Å². The van der Waals surface area contributed by atoms with Gasteiger partial charge in [-0.15, -0.1) is 0 Å². The van der Waals surface area contributed by atoms with Crippen LogP contribution in [0.1, 0.15) is 19.4 Å². The summed E-state index contributed by atoms with van der Waals surface area (Å²) in [6.45, 7) is 3.63. The van der Waals surface area contributed by atoms with Crippen molar-refractivity contribution in [2.24, 2.45) is 0 Å². The number of hydrogen-bond acceptors (Lipinski definition) is 1. The van der Waals surface area contributed by atoms with Crippen LogP contribution in [-0.2, 0) is 27.3 Å². The van der Waals surface area contributed by atoms with Gasteiger partial charge in [-0.25, -0.2) is 18.2 Å². The standard InChI is InChI=1S/C9H10ClO.C5H5.Fe/c1-9(2,8(10)11)7-5-3-4-6-7;1-2-4-5-3-1;/h3-6H,1-2H3;1-5H;/q2*-1;+2. The van der Waals surface area contributed by atoms with Crippen LogP contribution in [0.2, 0.25) is 0 Å². The fraction of sp³-hybridized carbons (Fsp3) is 0.214. The molecule has 17 heavy (non-hydrogen) atoms. The van der Waals surface area contributed by atoms with Gasteiger partial charge < -0.3 is 0 Å². The van der Waals surface area contributed by atoms with Gasteiger partial charge in [0.2, 0.25) is 5.24 Å². The van der Waals surface area contributed by atoms with Crippen LogP contribution < -0.4 is 0 Å². The summed E-state index contributed by atoms with van der Waals surface area (Å²) in [5, 5.41) is -0.316. The van der Waals surface area contributed by atoms with Gasteiger partial charge >= 0.3 is 17.1 Å². The van der Waals surface area contributed by atoms with Crippen LogP contribution in [0.15, 0.2) is 54.6 Å². The molecule has 0 saturated carbocycles. The average Bonchev–Trinajstić information content (AvgIpc) is 2.94. The Bertz CT molecular complexity index is 384. The Balaban J connectivity index is 0.000000360. The summed E-state index contributed by atoms with van der Waals surface area (Å²) in [4.78, 5) is 10.9. The van der Waals surface area contributed by atoms with E-state index < -0.39 is 5.41 Å². The molecule has 2 aromatic carbocycles. The molecule has 0 heterocycles. The van der Waals surface area contributed by atoms with Gasteiger partial charge in [0.05, 0.1) is 0 Å². The minimum atomic E-state index is -0.551. The first-order valence-electron chi connectivity index (χ1n) is 5.14. The maximum absolute atomic E-state index is 10.9. The van der Waals surface area contributed by atoms with Crippen molar-refractivity contribution in [3.8, 4) is 0 Å². The van der Waals surface area contributed by atoms with E-state index in [1.807, 2.05) is 68.4 Å². The first-order chi connectivity index (χ1) is 7.55. The molecule has 0 atom stereocenters. The third kappa shape index (κ3) is 4.91. The van der Waals surface area contributed by atoms with E-state index in [1.165, 1.54) is 0 Å². The summed E-state index contributed by atoms with van der Waals surface area (Å²) < 4.78 is 0. The van der Waals surface area contributed by atoms with Crippen LogP contribution in [0.4, 0.5) is 0 Å². The molecular weight excluding hydrogens is 275 g/mol. The number of carbonyl (C=O) groups excluding carboxylic acids is 1. The molecule has 0 aliphatic rings. The number of carbonyl (C=O) groups is 1. The fourth-order valence-electron chi connectivity index (χ4n) is 1.22. The minimum absolute atomic E-state index is 0. The van der Waals surface area contributed by atoms with Crippen molar-refractivity contribution in [1.82, 2.24) is 0 Å². The number of rotatable bonds is 2. The molecule has 3 heteroatoms. The Morgan fingerprint density at radius 3 is 2.06 bits per heavy atom. The predicted molar refractivity (Wildman–Crippen MR) is 68.0 cm³/mol. The predicted octanol–water partition coefficient (Wildman–Crippen LogP) is 3.85. The summed E-state index contributed by atoms with van der Waals surface area (Å²) in [6.07, 6.45) is 0. The molecule has 1 nitrogen and oxygen atoms in total. The molecular formula is C14H15ClFeO. The Morgan fingerprint density at radius 2 is 1.76 bits per heavy atom. The second-order valence-corrected chi connectivity index (χ2v) is 4.38. The van der Waals surface area contributed by atoms with Crippen molar-refractivity contribution in [1.29, 1.82) is 0 Å². The maximum atomic E-state index is 10.9. The maximum Gasteiger partial charge on any atom is 2.00 e. The zero-order valence-corrected chi connectivity index (χ0v) is 11.7. The molecule has 0 aliphatic heterocycles. The smallest absolute Gasteiger partial charge is 0.282 e. The Hall–Kier alpha value is -0.821. The summed E-state index contributed by atoms with van der Waals surface area (Å²) in [7, 11) is 0. The molecule has 0 aromatic heterocycles. The quantitative estimate of drug-likeness (QED) is 0.466. The second kappa shape index (κ2) is 7.49. The molecule has 0 bridgehead atoms. The van der Waals surface area contributed by atoms with E-state index in [9.17, 15) is 4.79 Å². The van der Waals surface area contributed by atoms with Crippen LogP contribution in [0.25, 0.3) is 0 Å². The SMILES string of the molecule is CC(C)(C(=O)Cl)c1cc[cH-]c1.[Fe+2].c1cc[cH-]c1. The van der Waals surface area contributed by atoms with E-state index in [0.717, 1.165) is 5.56 Å². The zero-order valence-electron chi connectivity index (χ0n) is 9.84. The monoisotopic (exact) mass is 290 g/mol. The third-order valence-corrected chi connectivity index (χ3v) is 2.90. The second-order valence-electron chi connectivity index (χ2n) is 4.03. The van der Waals surface area contributed by atoms with Gasteiger partial charge in [0.15, 0.2) is 0 Å². The first kappa shape index (κ1) is 16.2. The fourth-order valence-corrected chi connectivity index (χ4v) is 1.33. The van der Waals surface area contributed by atoms with Crippen LogP contribution in [-0.4, -0.2) is 5.24 Å². The van der Waals surface area contributed by atoms with Crippen molar-refractivity contribution in [2.75, 3.05) is 0 Å². The van der Waals surface area contributed by atoms with Gasteiger partial charge in [0.25, 0.3) is 0 Å². The van der Waals surface area contributed by atoms with E-state index >= 15 is 0 Å². The van der Waals surface area contributed by atoms with Crippen molar-refractivity contribution >= 4 is 16.8 Å². The van der Waals surface area contributed by atoms with Gasteiger partial charge in [-0.3, -0.25) is 4.79 Å². The number of hydrogen-bond donors (Lipinski definition) is 0. The molecule has 0 saturated heterocycles. The molecule has 0 radical (unpaired) electrons. The Labute approximate surface area is 118 Å². The molecule has 0 N–H and O–H groups in total. The normalized spacial score (nSPS) is 9.82. The Kier molecular flexibility index (Phi) is 7.13. The molecule has 92 valence electrons. The van der Waals surface area contributed by atoms with Crippen LogP contribution in [0, 0.1) is 0 Å². The van der Waals surface area contributed by atoms with Gasteiger partial charge in [0.1, 0.15) is 0 Å². The van der Waals surface area contributed by atoms with Gasteiger partial charge in [-0.1, -0.05) is 13.8 Å². The van der Waals surface area contributed by atoms with Crippen molar-refractivity contribution in [2.45, 2.75) is 19.3 Å². The van der Waals surface area contributed by atoms with Crippen molar-refractivity contribution in [3.63, 3.8) is 0 Å². The molecule has 0 fully saturated rings. The van der Waals surface area contributed by atoms with E-state index in [1.54, 1.807) is 0 Å². The molecule has 2 aromatic rings. The van der Waals surface area contributed by atoms with Gasteiger partial charge in [-0.2, -0.15) is 42.0 Å². The largest absolute Gasteiger partial charge is 2.00 e. The van der Waals surface area contributed by atoms with Crippen LogP contribution >= 0.6 is 11.6 Å². The van der Waals surface area contributed by atoms with E-state index in [0.29, 0.717) is 0 Å². The molecule has 0 unspecified atom stereocenters. The topological polar surface area (TPSA) is 17.1 Å². The molecule has 0 amide bonds. The van der Waals surface area contributed by atoms with E-state index in [4.69, 9.17) is 11.6 Å². The van der Waals surface area contributed by atoms with Gasteiger partial charge in [-0.05, 0) is 11.6 Å². The zero-order chi connectivity index (χ0) is 12.0. The van der Waals surface area contributed by atoms with Crippen LogP contribution in [0.3, 0.4) is 0 Å². The molecule has 0 spiro atoms. The number of halogens is 1.